The van der Waals surface area contributed by atoms with Gasteiger partial charge < -0.3 is 20.1 Å². The standard InChI is InChI=1S/C45H42Cl2FN3O5S/c1-31(2)26-50(45(53)49-40-19-21-41(22-20-40)56-30-33-7-4-3-5-8-33)27-34-9-6-10-35(23-34)29-51(57(54,55)43-25-38(46)24-42(47)44(43)52)28-32-11-13-36(14-12-32)37-15-17-39(48)18-16-37/h3-25,31,52H,26-30H2,1-2H3,(H,49,53). The number of urea groups is 1. The lowest BCUT2D eigenvalue weighted by Crippen LogP contribution is -2.37. The number of sulfonamides is 1. The molecule has 0 saturated heterocycles. The summed E-state index contributed by atoms with van der Waals surface area (Å²) in [6.07, 6.45) is 0. The third-order valence-electron chi connectivity index (χ3n) is 9.05. The fraction of sp³-hybridized carbons (Fsp3) is 0.178. The fourth-order valence-electron chi connectivity index (χ4n) is 6.24. The number of phenols is 1. The van der Waals surface area contributed by atoms with Crippen LogP contribution in [0.1, 0.15) is 36.1 Å². The number of aromatic hydroxyl groups is 1. The average Bonchev–Trinajstić information content (AvgIpc) is 3.19. The summed E-state index contributed by atoms with van der Waals surface area (Å²) in [7, 11) is -4.37. The van der Waals surface area contributed by atoms with E-state index in [1.165, 1.54) is 28.6 Å². The van der Waals surface area contributed by atoms with Crippen LogP contribution in [0.3, 0.4) is 0 Å². The molecule has 0 fully saturated rings. The van der Waals surface area contributed by atoms with Gasteiger partial charge in [0.15, 0.2) is 5.75 Å². The maximum absolute atomic E-state index is 14.3. The molecule has 0 aliphatic rings. The summed E-state index contributed by atoms with van der Waals surface area (Å²) in [5.41, 5.74) is 5.43. The number of benzene rings is 6. The Morgan fingerprint density at radius 3 is 1.98 bits per heavy atom. The third kappa shape index (κ3) is 11.1. The van der Waals surface area contributed by atoms with Crippen molar-refractivity contribution in [3.8, 4) is 22.6 Å². The zero-order valence-electron chi connectivity index (χ0n) is 31.4. The van der Waals surface area contributed by atoms with Crippen LogP contribution >= 0.6 is 23.2 Å². The van der Waals surface area contributed by atoms with Crippen molar-refractivity contribution in [3.05, 3.63) is 178 Å². The van der Waals surface area contributed by atoms with Gasteiger partial charge in [-0.1, -0.05) is 128 Å². The molecular formula is C45H42Cl2FN3O5S. The highest BCUT2D eigenvalue weighted by molar-refractivity contribution is 7.89. The molecule has 0 aliphatic heterocycles. The van der Waals surface area contributed by atoms with Crippen LogP contribution in [0.25, 0.3) is 11.1 Å². The van der Waals surface area contributed by atoms with Crippen molar-refractivity contribution in [2.45, 2.75) is 45.0 Å². The second-order valence-corrected chi connectivity index (χ2v) is 16.8. The first kappa shape index (κ1) is 41.2. The number of carbonyl (C=O) groups excluding carboxylic acids is 1. The van der Waals surface area contributed by atoms with E-state index in [9.17, 15) is 22.7 Å². The smallest absolute Gasteiger partial charge is 0.322 e. The Labute approximate surface area is 343 Å². The molecule has 0 aliphatic carbocycles. The van der Waals surface area contributed by atoms with Gasteiger partial charge in [-0.05, 0) is 87.8 Å². The molecule has 0 bridgehead atoms. The lowest BCUT2D eigenvalue weighted by atomic mass is 10.0. The van der Waals surface area contributed by atoms with Crippen LogP contribution in [0.2, 0.25) is 10.0 Å². The summed E-state index contributed by atoms with van der Waals surface area (Å²) in [6, 6.07) is 40.0. The Morgan fingerprint density at radius 1 is 0.737 bits per heavy atom. The number of halogens is 3. The first-order valence-electron chi connectivity index (χ1n) is 18.3. The number of rotatable bonds is 15. The topological polar surface area (TPSA) is 99.2 Å². The minimum absolute atomic E-state index is 0.0535. The minimum atomic E-state index is -4.37. The zero-order valence-corrected chi connectivity index (χ0v) is 33.7. The van der Waals surface area contributed by atoms with Crippen molar-refractivity contribution < 1.29 is 27.4 Å². The van der Waals surface area contributed by atoms with E-state index in [-0.39, 0.29) is 47.4 Å². The molecule has 8 nitrogen and oxygen atoms in total. The highest BCUT2D eigenvalue weighted by Crippen LogP contribution is 2.37. The molecule has 0 atom stereocenters. The SMILES string of the molecule is CC(C)CN(Cc1cccc(CN(Cc2ccc(-c3ccc(F)cc3)cc2)S(=O)(=O)c2cc(Cl)cc(Cl)c2O)c1)C(=O)Nc1ccc(OCc2ccccc2)cc1. The summed E-state index contributed by atoms with van der Waals surface area (Å²) < 4.78 is 49.3. The maximum atomic E-state index is 14.3. The molecule has 12 heteroatoms. The Morgan fingerprint density at radius 2 is 1.33 bits per heavy atom. The van der Waals surface area contributed by atoms with Crippen LogP contribution in [0, 0.1) is 11.7 Å². The summed E-state index contributed by atoms with van der Waals surface area (Å²) >= 11 is 12.4. The molecule has 294 valence electrons. The van der Waals surface area contributed by atoms with E-state index < -0.39 is 20.7 Å². The summed E-state index contributed by atoms with van der Waals surface area (Å²) in [5.74, 6) is -0.0943. The molecule has 0 radical (unpaired) electrons. The van der Waals surface area contributed by atoms with Crippen molar-refractivity contribution in [2.24, 2.45) is 5.92 Å². The summed E-state index contributed by atoms with van der Waals surface area (Å²) in [5, 5.41) is 13.7. The number of ether oxygens (including phenoxy) is 1. The van der Waals surface area contributed by atoms with E-state index >= 15 is 0 Å². The highest BCUT2D eigenvalue weighted by atomic mass is 35.5. The van der Waals surface area contributed by atoms with Gasteiger partial charge in [0.2, 0.25) is 10.0 Å². The monoisotopic (exact) mass is 825 g/mol. The number of carbonyl (C=O) groups is 1. The van der Waals surface area contributed by atoms with Crippen molar-refractivity contribution >= 4 is 44.9 Å². The average molecular weight is 827 g/mol. The largest absolute Gasteiger partial charge is 0.505 e. The lowest BCUT2D eigenvalue weighted by molar-refractivity contribution is 0.201. The summed E-state index contributed by atoms with van der Waals surface area (Å²) in [4.78, 5) is 14.9. The van der Waals surface area contributed by atoms with Gasteiger partial charge in [0.1, 0.15) is 23.1 Å². The molecule has 0 saturated carbocycles. The van der Waals surface area contributed by atoms with Crippen molar-refractivity contribution in [2.75, 3.05) is 11.9 Å². The zero-order chi connectivity index (χ0) is 40.5. The Bertz CT molecular complexity index is 2400. The van der Waals surface area contributed by atoms with E-state index in [0.29, 0.717) is 35.7 Å². The van der Waals surface area contributed by atoms with E-state index in [1.807, 2.05) is 92.7 Å². The molecule has 0 heterocycles. The number of anilines is 1. The fourth-order valence-corrected chi connectivity index (χ4v) is 8.40. The molecule has 2 amide bonds. The predicted molar refractivity (Wildman–Crippen MR) is 224 cm³/mol. The van der Waals surface area contributed by atoms with Gasteiger partial charge in [-0.3, -0.25) is 0 Å². The van der Waals surface area contributed by atoms with Crippen LogP contribution in [-0.4, -0.2) is 35.3 Å². The Kier molecular flexibility index (Phi) is 13.5. The van der Waals surface area contributed by atoms with Crippen LogP contribution in [-0.2, 0) is 36.3 Å². The van der Waals surface area contributed by atoms with E-state index in [1.54, 1.807) is 41.3 Å². The predicted octanol–water partition coefficient (Wildman–Crippen LogP) is 11.2. The molecule has 57 heavy (non-hydrogen) atoms. The van der Waals surface area contributed by atoms with Crippen LogP contribution < -0.4 is 10.1 Å². The molecule has 0 unspecified atom stereocenters. The maximum Gasteiger partial charge on any atom is 0.322 e. The second kappa shape index (κ2) is 18.7. The third-order valence-corrected chi connectivity index (χ3v) is 11.4. The number of phenolic OH excluding ortho intramolecular Hbond substituents is 1. The van der Waals surface area contributed by atoms with Crippen LogP contribution in [0.15, 0.2) is 144 Å². The molecule has 6 aromatic rings. The molecule has 2 N–H and O–H groups in total. The van der Waals surface area contributed by atoms with Gasteiger partial charge in [0.25, 0.3) is 0 Å². The van der Waals surface area contributed by atoms with Gasteiger partial charge in [-0.25, -0.2) is 17.6 Å². The van der Waals surface area contributed by atoms with Crippen LogP contribution in [0.5, 0.6) is 11.5 Å². The van der Waals surface area contributed by atoms with Crippen molar-refractivity contribution in [1.82, 2.24) is 9.21 Å². The molecule has 0 aromatic heterocycles. The van der Waals surface area contributed by atoms with Crippen molar-refractivity contribution in [1.29, 1.82) is 0 Å². The minimum Gasteiger partial charge on any atom is -0.505 e. The van der Waals surface area contributed by atoms with Gasteiger partial charge in [0, 0.05) is 36.9 Å². The van der Waals surface area contributed by atoms with E-state index in [0.717, 1.165) is 22.3 Å². The van der Waals surface area contributed by atoms with Crippen LogP contribution in [0.4, 0.5) is 14.9 Å². The number of nitrogens with zero attached hydrogens (tertiary/aromatic N) is 2. The van der Waals surface area contributed by atoms with E-state index in [4.69, 9.17) is 27.9 Å². The van der Waals surface area contributed by atoms with Gasteiger partial charge in [-0.15, -0.1) is 0 Å². The molecule has 6 aromatic carbocycles. The number of hydrogen-bond acceptors (Lipinski definition) is 5. The lowest BCUT2D eigenvalue weighted by Gasteiger charge is -2.26. The van der Waals surface area contributed by atoms with E-state index in [2.05, 4.69) is 5.32 Å². The highest BCUT2D eigenvalue weighted by Gasteiger charge is 2.30. The molecular weight excluding hydrogens is 784 g/mol. The first-order chi connectivity index (χ1) is 27.3. The van der Waals surface area contributed by atoms with Gasteiger partial charge >= 0.3 is 6.03 Å². The number of amides is 2. The van der Waals surface area contributed by atoms with Gasteiger partial charge in [-0.2, -0.15) is 4.31 Å². The van der Waals surface area contributed by atoms with Crippen molar-refractivity contribution in [3.63, 3.8) is 0 Å². The second-order valence-electron chi connectivity index (χ2n) is 14.0. The number of hydrogen-bond donors (Lipinski definition) is 2. The molecule has 6 rings (SSSR count). The molecule has 0 spiro atoms. The number of nitrogens with one attached hydrogen (secondary N) is 1. The van der Waals surface area contributed by atoms with Gasteiger partial charge in [0.05, 0.1) is 5.02 Å². The normalized spacial score (nSPS) is 11.5. The Hall–Kier alpha value is -5.39. The summed E-state index contributed by atoms with van der Waals surface area (Å²) in [6.45, 7) is 5.09. The first-order valence-corrected chi connectivity index (χ1v) is 20.5. The Balaban J connectivity index is 1.20. The quantitative estimate of drug-likeness (QED) is 0.107.